The summed E-state index contributed by atoms with van der Waals surface area (Å²) in [5, 5.41) is 8.85. The van der Waals surface area contributed by atoms with Crippen LogP contribution in [0.15, 0.2) is 36.5 Å². The first-order chi connectivity index (χ1) is 12.7. The van der Waals surface area contributed by atoms with Gasteiger partial charge in [-0.3, -0.25) is 0 Å². The molecule has 5 rings (SSSR count). The summed E-state index contributed by atoms with van der Waals surface area (Å²) >= 11 is 0. The Hall–Kier alpha value is -1.68. The van der Waals surface area contributed by atoms with Crippen LogP contribution in [0, 0.1) is 34.5 Å². The lowest BCUT2D eigenvalue weighted by Crippen LogP contribution is -2.29. The summed E-state index contributed by atoms with van der Waals surface area (Å²) in [5.74, 6) is 1.90. The monoisotopic (exact) mass is 372 g/mol. The number of aliphatic hydroxyl groups excluding tert-OH is 1. The molecule has 4 heteroatoms. The summed E-state index contributed by atoms with van der Waals surface area (Å²) in [7, 11) is 0. The van der Waals surface area contributed by atoms with Gasteiger partial charge in [0.25, 0.3) is 0 Å². The van der Waals surface area contributed by atoms with E-state index in [0.717, 1.165) is 29.9 Å². The molecule has 0 amide bonds. The largest absolute Gasteiger partial charge is 0.396 e. The van der Waals surface area contributed by atoms with Crippen LogP contribution < -0.4 is 0 Å². The Morgan fingerprint density at radius 3 is 2.00 bits per heavy atom. The van der Waals surface area contributed by atoms with Gasteiger partial charge in [-0.1, -0.05) is 45.1 Å². The highest BCUT2D eigenvalue weighted by molar-refractivity contribution is 6.04. The van der Waals surface area contributed by atoms with E-state index >= 15 is 0 Å². The Balaban J connectivity index is 0.000000120. The quantitative estimate of drug-likeness (QED) is 0.425. The second-order valence-corrected chi connectivity index (χ2v) is 9.56. The minimum Gasteiger partial charge on any atom is -0.396 e. The lowest BCUT2D eigenvalue weighted by Gasteiger charge is -2.38. The number of esters is 2. The Kier molecular flexibility index (Phi) is 5.76. The van der Waals surface area contributed by atoms with Gasteiger partial charge in [0.1, 0.15) is 0 Å². The van der Waals surface area contributed by atoms with Crippen molar-refractivity contribution < 1.29 is 19.4 Å². The Morgan fingerprint density at radius 2 is 1.78 bits per heavy atom. The van der Waals surface area contributed by atoms with Gasteiger partial charge in [-0.2, -0.15) is 0 Å². The van der Waals surface area contributed by atoms with Gasteiger partial charge in [0.05, 0.1) is 0 Å². The number of carbonyl (C=O) groups is 2. The van der Waals surface area contributed by atoms with E-state index in [0.29, 0.717) is 23.4 Å². The van der Waals surface area contributed by atoms with Crippen LogP contribution in [0.4, 0.5) is 0 Å². The number of rotatable bonds is 1. The molecule has 1 N–H and O–H groups in total. The molecule has 4 nitrogen and oxygen atoms in total. The molecule has 4 aliphatic carbocycles. The maximum atomic E-state index is 9.92. The Bertz CT molecular complexity index is 650. The van der Waals surface area contributed by atoms with E-state index in [1.54, 1.807) is 0 Å². The molecular weight excluding hydrogens is 340 g/mol. The molecule has 148 valence electrons. The minimum atomic E-state index is -0.579. The molecular formula is C23H32O4. The van der Waals surface area contributed by atoms with Gasteiger partial charge in [-0.05, 0) is 66.6 Å². The van der Waals surface area contributed by atoms with Gasteiger partial charge in [0.15, 0.2) is 0 Å². The second kappa shape index (κ2) is 7.75. The maximum absolute atomic E-state index is 9.92. The molecule has 0 aromatic carbocycles. The molecule has 5 atom stereocenters. The topological polar surface area (TPSA) is 63.6 Å². The van der Waals surface area contributed by atoms with Crippen molar-refractivity contribution in [1.82, 2.24) is 0 Å². The molecule has 2 saturated carbocycles. The molecule has 5 aliphatic rings. The molecule has 0 saturated heterocycles. The van der Waals surface area contributed by atoms with Crippen molar-refractivity contribution in [3.63, 3.8) is 0 Å². The summed E-state index contributed by atoms with van der Waals surface area (Å²) in [6.07, 6.45) is 18.5. The van der Waals surface area contributed by atoms with Crippen molar-refractivity contribution in [3.8, 4) is 0 Å². The molecule has 27 heavy (non-hydrogen) atoms. The lowest BCUT2D eigenvalue weighted by atomic mass is 9.66. The summed E-state index contributed by atoms with van der Waals surface area (Å²) in [6, 6.07) is 0. The number of cyclic esters (lactones) is 2. The van der Waals surface area contributed by atoms with E-state index in [1.165, 1.54) is 32.1 Å². The van der Waals surface area contributed by atoms with E-state index in [1.807, 2.05) is 0 Å². The number of fused-ring (bicyclic) bond motifs is 4. The van der Waals surface area contributed by atoms with Crippen LogP contribution in [0.25, 0.3) is 0 Å². The Morgan fingerprint density at radius 1 is 1.07 bits per heavy atom. The zero-order chi connectivity index (χ0) is 19.7. The molecule has 2 fully saturated rings. The fourth-order valence-electron chi connectivity index (χ4n) is 5.09. The SMILES string of the molecule is CC(C)(C)C12C=CC(CC1)C2.O=C1C=CC(=O)O1.OCC1CC2C=CC1C2. The third kappa shape index (κ3) is 4.43. The second-order valence-electron chi connectivity index (χ2n) is 9.56. The highest BCUT2D eigenvalue weighted by Gasteiger charge is 2.48. The van der Waals surface area contributed by atoms with E-state index in [9.17, 15) is 9.59 Å². The van der Waals surface area contributed by atoms with Crippen molar-refractivity contribution >= 4 is 11.9 Å². The van der Waals surface area contributed by atoms with Gasteiger partial charge in [-0.25, -0.2) is 9.59 Å². The summed E-state index contributed by atoms with van der Waals surface area (Å²) < 4.78 is 3.97. The van der Waals surface area contributed by atoms with Crippen molar-refractivity contribution in [1.29, 1.82) is 0 Å². The molecule has 0 aromatic heterocycles. The minimum absolute atomic E-state index is 0.394. The van der Waals surface area contributed by atoms with E-state index in [-0.39, 0.29) is 0 Å². The van der Waals surface area contributed by atoms with Crippen molar-refractivity contribution in [3.05, 3.63) is 36.5 Å². The molecule has 4 bridgehead atoms. The number of aliphatic hydroxyl groups is 1. The van der Waals surface area contributed by atoms with E-state index in [4.69, 9.17) is 5.11 Å². The van der Waals surface area contributed by atoms with Gasteiger partial charge in [0, 0.05) is 18.8 Å². The number of allylic oxidation sites excluding steroid dienone is 4. The lowest BCUT2D eigenvalue weighted by molar-refractivity contribution is -0.150. The van der Waals surface area contributed by atoms with Crippen molar-refractivity contribution in [2.24, 2.45) is 34.5 Å². The van der Waals surface area contributed by atoms with Crippen LogP contribution in [0.2, 0.25) is 0 Å². The number of ether oxygens (including phenoxy) is 1. The average molecular weight is 373 g/mol. The molecule has 0 spiro atoms. The molecule has 1 heterocycles. The van der Waals surface area contributed by atoms with E-state index in [2.05, 4.69) is 49.8 Å². The van der Waals surface area contributed by atoms with Gasteiger partial charge >= 0.3 is 11.9 Å². The standard InChI is InChI=1S/C11H18.C8H12O.C4H2O3/c1-10(2,3)11-6-4-9(8-11)5-7-11;9-5-8-4-6-1-2-7(8)3-6;5-3-1-2-4(6)7-3/h4,6,9H,5,7-8H2,1-3H3;1-2,6-9H,3-5H2;1-2H. The predicted molar refractivity (Wildman–Crippen MR) is 105 cm³/mol. The summed E-state index contributed by atoms with van der Waals surface area (Å²) in [4.78, 5) is 19.8. The van der Waals surface area contributed by atoms with Crippen LogP contribution in [0.5, 0.6) is 0 Å². The van der Waals surface area contributed by atoms with Crippen molar-refractivity contribution in [2.45, 2.75) is 52.9 Å². The van der Waals surface area contributed by atoms with Crippen LogP contribution in [-0.2, 0) is 14.3 Å². The van der Waals surface area contributed by atoms with Gasteiger partial charge < -0.3 is 9.84 Å². The van der Waals surface area contributed by atoms with Gasteiger partial charge in [-0.15, -0.1) is 0 Å². The first-order valence-electron chi connectivity index (χ1n) is 10.1. The average Bonchev–Trinajstić information content (AvgIpc) is 3.42. The number of hydrogen-bond acceptors (Lipinski definition) is 4. The summed E-state index contributed by atoms with van der Waals surface area (Å²) in [6.45, 7) is 7.53. The van der Waals surface area contributed by atoms with Crippen LogP contribution in [0.1, 0.15) is 52.9 Å². The third-order valence-electron chi connectivity index (χ3n) is 6.98. The zero-order valence-electron chi connectivity index (χ0n) is 16.7. The smallest absolute Gasteiger partial charge is 0.338 e. The first-order valence-corrected chi connectivity index (χ1v) is 10.1. The molecule has 0 aromatic rings. The first kappa shape index (κ1) is 20.1. The molecule has 5 unspecified atom stereocenters. The van der Waals surface area contributed by atoms with Crippen molar-refractivity contribution in [2.75, 3.05) is 6.61 Å². The van der Waals surface area contributed by atoms with Crippen LogP contribution >= 0.6 is 0 Å². The molecule has 1 aliphatic heterocycles. The molecule has 0 radical (unpaired) electrons. The van der Waals surface area contributed by atoms with Crippen LogP contribution in [-0.4, -0.2) is 23.7 Å². The fraction of sp³-hybridized carbons (Fsp3) is 0.652. The van der Waals surface area contributed by atoms with Crippen LogP contribution in [0.3, 0.4) is 0 Å². The maximum Gasteiger partial charge on any atom is 0.338 e. The summed E-state index contributed by atoms with van der Waals surface area (Å²) in [5.41, 5.74) is 1.05. The zero-order valence-corrected chi connectivity index (χ0v) is 16.7. The highest BCUT2D eigenvalue weighted by Crippen LogP contribution is 2.58. The normalized spacial score (nSPS) is 37.2. The fourth-order valence-corrected chi connectivity index (χ4v) is 5.09. The number of carbonyl (C=O) groups excluding carboxylic acids is 2. The highest BCUT2D eigenvalue weighted by atomic mass is 16.6. The predicted octanol–water partition coefficient (Wildman–Crippen LogP) is 4.21. The third-order valence-corrected chi connectivity index (χ3v) is 6.98. The Labute approximate surface area is 162 Å². The van der Waals surface area contributed by atoms with Gasteiger partial charge in [0.2, 0.25) is 0 Å². The number of hydrogen-bond donors (Lipinski definition) is 1. The van der Waals surface area contributed by atoms with E-state index < -0.39 is 11.9 Å².